The van der Waals surface area contributed by atoms with Crippen molar-refractivity contribution < 1.29 is 19.4 Å². The summed E-state index contributed by atoms with van der Waals surface area (Å²) in [5.74, 6) is -4.07. The van der Waals surface area contributed by atoms with Crippen LogP contribution in [0, 0.1) is 5.92 Å². The highest BCUT2D eigenvalue weighted by atomic mass is 35.5. The molecule has 0 aromatic heterocycles. The third-order valence-corrected chi connectivity index (χ3v) is 6.12. The summed E-state index contributed by atoms with van der Waals surface area (Å²) in [6.07, 6.45) is 0. The van der Waals surface area contributed by atoms with Crippen molar-refractivity contribution in [3.05, 3.63) is 93.5 Å². The van der Waals surface area contributed by atoms with Crippen molar-refractivity contribution in [2.45, 2.75) is 12.0 Å². The van der Waals surface area contributed by atoms with E-state index in [0.717, 1.165) is 22.3 Å². The molecule has 0 fully saturated rings. The second-order valence-electron chi connectivity index (χ2n) is 7.36. The Balaban J connectivity index is 1.56. The summed E-state index contributed by atoms with van der Waals surface area (Å²) in [5, 5.41) is 10.3. The Labute approximate surface area is 189 Å². The third-order valence-electron chi connectivity index (χ3n) is 5.56. The van der Waals surface area contributed by atoms with Crippen molar-refractivity contribution in [2.75, 3.05) is 6.61 Å². The summed E-state index contributed by atoms with van der Waals surface area (Å²) < 4.78 is 5.50. The first kappa shape index (κ1) is 21.4. The van der Waals surface area contributed by atoms with E-state index >= 15 is 0 Å². The van der Waals surface area contributed by atoms with Crippen molar-refractivity contribution >= 4 is 35.1 Å². The number of rotatable bonds is 6. The summed E-state index contributed by atoms with van der Waals surface area (Å²) in [7, 11) is 0. The summed E-state index contributed by atoms with van der Waals surface area (Å²) in [5.41, 5.74) is 10.7. The number of fused-ring (bicyclic) bond motifs is 3. The Morgan fingerprint density at radius 2 is 1.55 bits per heavy atom. The quantitative estimate of drug-likeness (QED) is 0.400. The molecule has 4 rings (SSSR count). The van der Waals surface area contributed by atoms with Crippen LogP contribution in [0.25, 0.3) is 11.1 Å². The molecule has 0 heterocycles. The second-order valence-corrected chi connectivity index (χ2v) is 8.21. The summed E-state index contributed by atoms with van der Waals surface area (Å²) in [6.45, 7) is 0.0116. The van der Waals surface area contributed by atoms with Gasteiger partial charge in [0.05, 0.1) is 6.04 Å². The van der Waals surface area contributed by atoms with Crippen LogP contribution in [-0.2, 0) is 14.3 Å². The lowest BCUT2D eigenvalue weighted by molar-refractivity contribution is -0.160. The Bertz CT molecular complexity index is 1120. The van der Waals surface area contributed by atoms with E-state index in [1.807, 2.05) is 48.5 Å². The molecule has 31 heavy (non-hydrogen) atoms. The molecule has 7 heteroatoms. The maximum absolute atomic E-state index is 12.8. The number of carbonyl (C=O) groups excluding carboxylic acids is 1. The minimum absolute atomic E-state index is 0.0116. The number of carboxylic acids is 1. The van der Waals surface area contributed by atoms with Gasteiger partial charge in [0.2, 0.25) is 0 Å². The minimum atomic E-state index is -1.61. The normalized spacial score (nSPS) is 14.4. The van der Waals surface area contributed by atoms with E-state index in [-0.39, 0.29) is 17.5 Å². The van der Waals surface area contributed by atoms with Crippen molar-refractivity contribution in [3.63, 3.8) is 0 Å². The lowest BCUT2D eigenvalue weighted by atomic mass is 9.93. The van der Waals surface area contributed by atoms with Crippen molar-refractivity contribution in [2.24, 2.45) is 11.7 Å². The second kappa shape index (κ2) is 8.71. The van der Waals surface area contributed by atoms with Gasteiger partial charge in [-0.3, -0.25) is 9.59 Å². The van der Waals surface area contributed by atoms with Crippen molar-refractivity contribution in [1.82, 2.24) is 0 Å². The van der Waals surface area contributed by atoms with E-state index in [1.165, 1.54) is 12.1 Å². The molecule has 0 saturated heterocycles. The molecule has 0 bridgehead atoms. The number of hydrogen-bond acceptors (Lipinski definition) is 4. The van der Waals surface area contributed by atoms with E-state index in [2.05, 4.69) is 0 Å². The van der Waals surface area contributed by atoms with Gasteiger partial charge in [0.25, 0.3) is 0 Å². The van der Waals surface area contributed by atoms with Crippen LogP contribution in [0.1, 0.15) is 28.7 Å². The molecule has 0 unspecified atom stereocenters. The van der Waals surface area contributed by atoms with Gasteiger partial charge in [-0.05, 0) is 39.9 Å². The first-order valence-corrected chi connectivity index (χ1v) is 10.4. The zero-order chi connectivity index (χ0) is 22.1. The maximum Gasteiger partial charge on any atom is 0.322 e. The molecule has 5 nitrogen and oxygen atoms in total. The SMILES string of the molecule is N[C@H](c1ccc(Cl)cc1Cl)[C@H](C(=O)O)C(=O)OCC1c2ccccc2-c2ccccc21. The summed E-state index contributed by atoms with van der Waals surface area (Å²) in [4.78, 5) is 24.7. The monoisotopic (exact) mass is 455 g/mol. The standard InChI is InChI=1S/C24H19Cl2NO4/c25-13-9-10-18(20(26)11-13)22(27)21(23(28)29)24(30)31-12-19-16-7-3-1-5-14(16)15-6-2-4-8-17(15)19/h1-11,19,21-22H,12,27H2,(H,28,29)/t21-,22-/m1/s1. The number of nitrogens with two attached hydrogens (primary N) is 1. The lowest BCUT2D eigenvalue weighted by Crippen LogP contribution is -2.36. The van der Waals surface area contributed by atoms with Gasteiger partial charge in [0.15, 0.2) is 5.92 Å². The number of aliphatic carboxylic acids is 1. The van der Waals surface area contributed by atoms with Gasteiger partial charge in [-0.25, -0.2) is 0 Å². The van der Waals surface area contributed by atoms with Crippen molar-refractivity contribution in [3.8, 4) is 11.1 Å². The largest absolute Gasteiger partial charge is 0.481 e. The number of halogens is 2. The molecule has 0 radical (unpaired) electrons. The number of ether oxygens (including phenoxy) is 1. The molecule has 1 aliphatic carbocycles. The Morgan fingerprint density at radius 3 is 2.10 bits per heavy atom. The maximum atomic E-state index is 12.8. The molecule has 3 N–H and O–H groups in total. The predicted octanol–water partition coefficient (Wildman–Crippen LogP) is 5.05. The van der Waals surface area contributed by atoms with Crippen LogP contribution in [0.4, 0.5) is 0 Å². The molecule has 0 amide bonds. The van der Waals surface area contributed by atoms with Gasteiger partial charge in [-0.1, -0.05) is 77.8 Å². The number of carbonyl (C=O) groups is 2. The van der Waals surface area contributed by atoms with Crippen LogP contribution in [0.15, 0.2) is 66.7 Å². The number of carboxylic acid groups (broad SMARTS) is 1. The molecule has 3 aromatic rings. The van der Waals surface area contributed by atoms with Crippen molar-refractivity contribution in [1.29, 1.82) is 0 Å². The zero-order valence-corrected chi connectivity index (χ0v) is 17.8. The van der Waals surface area contributed by atoms with E-state index in [9.17, 15) is 14.7 Å². The van der Waals surface area contributed by atoms with Crippen LogP contribution >= 0.6 is 23.2 Å². The van der Waals surface area contributed by atoms with Crippen LogP contribution in [-0.4, -0.2) is 23.7 Å². The smallest absolute Gasteiger partial charge is 0.322 e. The Morgan fingerprint density at radius 1 is 0.968 bits per heavy atom. The molecule has 2 atom stereocenters. The van der Waals surface area contributed by atoms with Gasteiger partial charge in [-0.15, -0.1) is 0 Å². The highest BCUT2D eigenvalue weighted by molar-refractivity contribution is 6.35. The lowest BCUT2D eigenvalue weighted by Gasteiger charge is -2.22. The van der Waals surface area contributed by atoms with E-state index in [1.54, 1.807) is 6.07 Å². The van der Waals surface area contributed by atoms with Gasteiger partial charge < -0.3 is 15.6 Å². The molecular formula is C24H19Cl2NO4. The molecular weight excluding hydrogens is 437 g/mol. The highest BCUT2D eigenvalue weighted by Gasteiger charge is 2.37. The van der Waals surface area contributed by atoms with Crippen LogP contribution in [0.5, 0.6) is 0 Å². The molecule has 0 spiro atoms. The molecule has 0 aliphatic heterocycles. The van der Waals surface area contributed by atoms with Crippen LogP contribution in [0.3, 0.4) is 0 Å². The fraction of sp³-hybridized carbons (Fsp3) is 0.167. The minimum Gasteiger partial charge on any atom is -0.481 e. The summed E-state index contributed by atoms with van der Waals surface area (Å²) in [6, 6.07) is 19.1. The molecule has 0 saturated carbocycles. The van der Waals surface area contributed by atoms with E-state index in [0.29, 0.717) is 10.6 Å². The molecule has 158 valence electrons. The summed E-state index contributed by atoms with van der Waals surface area (Å²) >= 11 is 12.1. The van der Waals surface area contributed by atoms with Gasteiger partial charge in [0, 0.05) is 16.0 Å². The zero-order valence-electron chi connectivity index (χ0n) is 16.3. The molecule has 1 aliphatic rings. The van der Waals surface area contributed by atoms with E-state index < -0.39 is 23.9 Å². The Kier molecular flexibility index (Phi) is 6.01. The van der Waals surface area contributed by atoms with Crippen LogP contribution in [0.2, 0.25) is 10.0 Å². The predicted molar refractivity (Wildman–Crippen MR) is 119 cm³/mol. The average molecular weight is 456 g/mol. The average Bonchev–Trinajstić information content (AvgIpc) is 3.06. The first-order valence-electron chi connectivity index (χ1n) is 9.66. The van der Waals surface area contributed by atoms with Gasteiger partial charge >= 0.3 is 11.9 Å². The number of hydrogen-bond donors (Lipinski definition) is 2. The third kappa shape index (κ3) is 4.04. The van der Waals surface area contributed by atoms with Crippen LogP contribution < -0.4 is 5.73 Å². The molecule has 3 aromatic carbocycles. The number of esters is 1. The fourth-order valence-corrected chi connectivity index (χ4v) is 4.58. The van der Waals surface area contributed by atoms with E-state index in [4.69, 9.17) is 33.7 Å². The Hall–Kier alpha value is -2.86. The topological polar surface area (TPSA) is 89.6 Å². The first-order chi connectivity index (χ1) is 14.9. The number of benzene rings is 3. The van der Waals surface area contributed by atoms with Gasteiger partial charge in [0.1, 0.15) is 6.61 Å². The van der Waals surface area contributed by atoms with Gasteiger partial charge in [-0.2, -0.15) is 0 Å². The highest BCUT2D eigenvalue weighted by Crippen LogP contribution is 2.44. The fourth-order valence-electron chi connectivity index (χ4n) is 4.05.